The van der Waals surface area contributed by atoms with Crippen LogP contribution in [0.3, 0.4) is 0 Å². The molecule has 1 N–H and O–H groups in total. The lowest BCUT2D eigenvalue weighted by molar-refractivity contribution is 0.0691. The van der Waals surface area contributed by atoms with E-state index in [-0.39, 0.29) is 5.56 Å². The first-order valence-corrected chi connectivity index (χ1v) is 4.73. The van der Waals surface area contributed by atoms with Crippen LogP contribution in [0.5, 0.6) is 0 Å². The van der Waals surface area contributed by atoms with Gasteiger partial charge in [-0.2, -0.15) is 5.10 Å². The molecule has 0 saturated heterocycles. The summed E-state index contributed by atoms with van der Waals surface area (Å²) in [5.41, 5.74) is -0.00286. The van der Waals surface area contributed by atoms with E-state index in [1.807, 2.05) is 0 Å². The molecule has 88 valence electrons. The number of rotatable bonds is 2. The van der Waals surface area contributed by atoms with Crippen molar-refractivity contribution >= 4 is 5.97 Å². The zero-order chi connectivity index (χ0) is 12.6. The summed E-state index contributed by atoms with van der Waals surface area (Å²) in [6.07, 6.45) is 2.07. The molecular formula is C11H8F2N2O2. The van der Waals surface area contributed by atoms with Crippen LogP contribution >= 0.6 is 0 Å². The van der Waals surface area contributed by atoms with Crippen LogP contribution in [0.25, 0.3) is 5.69 Å². The Morgan fingerprint density at radius 2 is 2.12 bits per heavy atom. The molecule has 0 saturated carbocycles. The molecule has 0 spiro atoms. The van der Waals surface area contributed by atoms with Crippen LogP contribution in [0.2, 0.25) is 0 Å². The molecule has 17 heavy (non-hydrogen) atoms. The average Bonchev–Trinajstić information content (AvgIpc) is 2.68. The standard InChI is InChI=1S/C11H8F2N2O2/c1-6-2-8(15-5-7(12)4-14-15)3-9(10(6)13)11(16)17/h2-5H,1H3,(H,16,17). The summed E-state index contributed by atoms with van der Waals surface area (Å²) in [5, 5.41) is 12.5. The topological polar surface area (TPSA) is 55.1 Å². The number of carboxylic acids is 1. The lowest BCUT2D eigenvalue weighted by Crippen LogP contribution is -2.05. The molecule has 2 aromatic rings. The van der Waals surface area contributed by atoms with E-state index in [1.54, 1.807) is 0 Å². The molecule has 0 radical (unpaired) electrons. The van der Waals surface area contributed by atoms with Crippen LogP contribution in [-0.2, 0) is 0 Å². The van der Waals surface area contributed by atoms with E-state index >= 15 is 0 Å². The summed E-state index contributed by atoms with van der Waals surface area (Å²) in [5.74, 6) is -2.72. The number of benzene rings is 1. The third-order valence-electron chi connectivity index (χ3n) is 2.29. The highest BCUT2D eigenvalue weighted by atomic mass is 19.1. The highest BCUT2D eigenvalue weighted by molar-refractivity contribution is 5.89. The first-order chi connectivity index (χ1) is 7.99. The van der Waals surface area contributed by atoms with Gasteiger partial charge in [0.15, 0.2) is 5.82 Å². The molecule has 0 bridgehead atoms. The fourth-order valence-corrected chi connectivity index (χ4v) is 1.48. The summed E-state index contributed by atoms with van der Waals surface area (Å²) in [4.78, 5) is 10.8. The molecule has 0 aliphatic rings. The Bertz CT molecular complexity index is 593. The minimum atomic E-state index is -1.37. The van der Waals surface area contributed by atoms with Crippen LogP contribution in [0.1, 0.15) is 15.9 Å². The molecule has 1 aromatic carbocycles. The Morgan fingerprint density at radius 3 is 2.65 bits per heavy atom. The highest BCUT2D eigenvalue weighted by Gasteiger charge is 2.15. The highest BCUT2D eigenvalue weighted by Crippen LogP contribution is 2.18. The summed E-state index contributed by atoms with van der Waals surface area (Å²) in [6.45, 7) is 1.44. The van der Waals surface area contributed by atoms with Crippen molar-refractivity contribution in [1.82, 2.24) is 9.78 Å². The molecule has 1 aromatic heterocycles. The fourth-order valence-electron chi connectivity index (χ4n) is 1.48. The molecule has 0 unspecified atom stereocenters. The Balaban J connectivity index is 2.60. The van der Waals surface area contributed by atoms with Crippen molar-refractivity contribution in [3.8, 4) is 5.69 Å². The monoisotopic (exact) mass is 238 g/mol. The van der Waals surface area contributed by atoms with E-state index in [1.165, 1.54) is 13.0 Å². The van der Waals surface area contributed by atoms with Crippen molar-refractivity contribution in [3.63, 3.8) is 0 Å². The number of aromatic nitrogens is 2. The van der Waals surface area contributed by atoms with Gasteiger partial charge in [0, 0.05) is 0 Å². The van der Waals surface area contributed by atoms with Gasteiger partial charge in [0.2, 0.25) is 0 Å². The van der Waals surface area contributed by atoms with Gasteiger partial charge in [0.05, 0.1) is 23.6 Å². The molecule has 6 heteroatoms. The Kier molecular flexibility index (Phi) is 2.63. The predicted octanol–water partition coefficient (Wildman–Crippen LogP) is 2.16. The number of aryl methyl sites for hydroxylation is 1. The second-order valence-electron chi connectivity index (χ2n) is 3.53. The van der Waals surface area contributed by atoms with Crippen LogP contribution < -0.4 is 0 Å². The van der Waals surface area contributed by atoms with Crippen molar-refractivity contribution in [2.24, 2.45) is 0 Å². The number of aromatic carboxylic acids is 1. The minimum Gasteiger partial charge on any atom is -0.478 e. The fraction of sp³-hybridized carbons (Fsp3) is 0.0909. The molecular weight excluding hydrogens is 230 g/mol. The van der Waals surface area contributed by atoms with Gasteiger partial charge in [-0.05, 0) is 24.6 Å². The van der Waals surface area contributed by atoms with E-state index in [4.69, 9.17) is 5.11 Å². The maximum Gasteiger partial charge on any atom is 0.338 e. The van der Waals surface area contributed by atoms with Crippen LogP contribution in [0.15, 0.2) is 24.5 Å². The van der Waals surface area contributed by atoms with Crippen LogP contribution in [0.4, 0.5) is 8.78 Å². The third-order valence-corrected chi connectivity index (χ3v) is 2.29. The number of carboxylic acid groups (broad SMARTS) is 1. The van der Waals surface area contributed by atoms with Gasteiger partial charge in [-0.15, -0.1) is 0 Å². The number of hydrogen-bond acceptors (Lipinski definition) is 2. The summed E-state index contributed by atoms with van der Waals surface area (Å²) in [7, 11) is 0. The van der Waals surface area contributed by atoms with Gasteiger partial charge in [-0.3, -0.25) is 0 Å². The number of carbonyl (C=O) groups is 1. The lowest BCUT2D eigenvalue weighted by Gasteiger charge is -2.06. The van der Waals surface area contributed by atoms with E-state index < -0.39 is 23.2 Å². The SMILES string of the molecule is Cc1cc(-n2cc(F)cn2)cc(C(=O)O)c1F. The average molecular weight is 238 g/mol. The lowest BCUT2D eigenvalue weighted by atomic mass is 10.1. The Morgan fingerprint density at radius 1 is 1.41 bits per heavy atom. The molecule has 1 heterocycles. The van der Waals surface area contributed by atoms with E-state index in [0.29, 0.717) is 5.69 Å². The second kappa shape index (κ2) is 3.97. The zero-order valence-electron chi connectivity index (χ0n) is 8.82. The van der Waals surface area contributed by atoms with E-state index in [9.17, 15) is 13.6 Å². The van der Waals surface area contributed by atoms with Gasteiger partial charge >= 0.3 is 5.97 Å². The van der Waals surface area contributed by atoms with Gasteiger partial charge in [0.1, 0.15) is 5.82 Å². The van der Waals surface area contributed by atoms with Crippen molar-refractivity contribution in [3.05, 3.63) is 47.3 Å². The molecule has 0 amide bonds. The van der Waals surface area contributed by atoms with Gasteiger partial charge in [-0.25, -0.2) is 18.3 Å². The van der Waals surface area contributed by atoms with Gasteiger partial charge in [-0.1, -0.05) is 0 Å². The maximum atomic E-state index is 13.5. The first-order valence-electron chi connectivity index (χ1n) is 4.73. The molecule has 0 aliphatic heterocycles. The molecule has 4 nitrogen and oxygen atoms in total. The minimum absolute atomic E-state index is 0.163. The molecule has 0 aliphatic carbocycles. The van der Waals surface area contributed by atoms with Gasteiger partial charge in [0.25, 0.3) is 0 Å². The quantitative estimate of drug-likeness (QED) is 0.872. The zero-order valence-corrected chi connectivity index (χ0v) is 8.82. The Hall–Kier alpha value is -2.24. The molecule has 0 atom stereocenters. The number of hydrogen-bond donors (Lipinski definition) is 1. The predicted molar refractivity (Wildman–Crippen MR) is 55.2 cm³/mol. The van der Waals surface area contributed by atoms with E-state index in [2.05, 4.69) is 5.10 Å². The second-order valence-corrected chi connectivity index (χ2v) is 3.53. The summed E-state index contributed by atoms with van der Waals surface area (Å²) < 4.78 is 27.4. The maximum absolute atomic E-state index is 13.5. The number of nitrogens with zero attached hydrogens (tertiary/aromatic N) is 2. The largest absolute Gasteiger partial charge is 0.478 e. The van der Waals surface area contributed by atoms with Gasteiger partial charge < -0.3 is 5.11 Å². The third kappa shape index (κ3) is 2.01. The Labute approximate surface area is 95.1 Å². The van der Waals surface area contributed by atoms with Crippen molar-refractivity contribution < 1.29 is 18.7 Å². The normalized spacial score (nSPS) is 10.5. The van der Waals surface area contributed by atoms with E-state index in [0.717, 1.165) is 23.1 Å². The summed E-state index contributed by atoms with van der Waals surface area (Å²) >= 11 is 0. The molecule has 0 fully saturated rings. The van der Waals surface area contributed by atoms with Crippen molar-refractivity contribution in [2.45, 2.75) is 6.92 Å². The van der Waals surface area contributed by atoms with Crippen LogP contribution in [0, 0.1) is 18.6 Å². The number of halogens is 2. The van der Waals surface area contributed by atoms with Crippen molar-refractivity contribution in [2.75, 3.05) is 0 Å². The van der Waals surface area contributed by atoms with Crippen LogP contribution in [-0.4, -0.2) is 20.9 Å². The molecule has 2 rings (SSSR count). The first kappa shape index (κ1) is 11.3. The van der Waals surface area contributed by atoms with Crippen molar-refractivity contribution in [1.29, 1.82) is 0 Å². The smallest absolute Gasteiger partial charge is 0.338 e. The summed E-state index contributed by atoms with van der Waals surface area (Å²) in [6, 6.07) is 2.51.